The van der Waals surface area contributed by atoms with Gasteiger partial charge in [-0.25, -0.2) is 8.42 Å². The molecule has 2 rings (SSSR count). The van der Waals surface area contributed by atoms with Crippen molar-refractivity contribution in [1.82, 2.24) is 15.8 Å². The van der Waals surface area contributed by atoms with Crippen molar-refractivity contribution in [3.05, 3.63) is 47.3 Å². The number of hydrogen-bond acceptors (Lipinski definition) is 5. The lowest BCUT2D eigenvalue weighted by Crippen LogP contribution is -2.38. The maximum atomic E-state index is 12.3. The molecule has 0 atom stereocenters. The van der Waals surface area contributed by atoms with Crippen molar-refractivity contribution in [2.75, 3.05) is 19.3 Å². The zero-order valence-corrected chi connectivity index (χ0v) is 19.7. The van der Waals surface area contributed by atoms with Gasteiger partial charge >= 0.3 is 0 Å². The Morgan fingerprint density at radius 3 is 2.46 bits per heavy atom. The Kier molecular flexibility index (Phi) is 10.5. The number of rotatable bonds is 9. The lowest BCUT2D eigenvalue weighted by Gasteiger charge is -2.12. The number of sulfone groups is 1. The molecular formula is C19H29IN4O3S. The fourth-order valence-electron chi connectivity index (χ4n) is 2.75. The number of aromatic nitrogens is 1. The van der Waals surface area contributed by atoms with E-state index in [0.29, 0.717) is 30.4 Å². The topological polar surface area (TPSA) is 96.6 Å². The highest BCUT2D eigenvalue weighted by molar-refractivity contribution is 14.0. The minimum absolute atomic E-state index is 0. The van der Waals surface area contributed by atoms with Crippen molar-refractivity contribution < 1.29 is 12.9 Å². The molecule has 1 heterocycles. The average molecular weight is 520 g/mol. The molecule has 28 heavy (non-hydrogen) atoms. The van der Waals surface area contributed by atoms with Crippen molar-refractivity contribution in [2.24, 2.45) is 4.99 Å². The summed E-state index contributed by atoms with van der Waals surface area (Å²) in [4.78, 5) is 4.54. The van der Waals surface area contributed by atoms with Gasteiger partial charge in [-0.1, -0.05) is 37.2 Å². The van der Waals surface area contributed by atoms with Crippen molar-refractivity contribution in [1.29, 1.82) is 0 Å². The maximum Gasteiger partial charge on any atom is 0.191 e. The predicted molar refractivity (Wildman–Crippen MR) is 122 cm³/mol. The normalized spacial score (nSPS) is 11.8. The van der Waals surface area contributed by atoms with E-state index in [9.17, 15) is 8.42 Å². The van der Waals surface area contributed by atoms with Crippen LogP contribution in [0.2, 0.25) is 0 Å². The summed E-state index contributed by atoms with van der Waals surface area (Å²) >= 11 is 0. The Bertz CT molecular complexity index is 830. The molecular weight excluding hydrogens is 491 g/mol. The first-order valence-electron chi connectivity index (χ1n) is 9.20. The summed E-state index contributed by atoms with van der Waals surface area (Å²) in [6, 6.07) is 8.52. The summed E-state index contributed by atoms with van der Waals surface area (Å²) in [5, 5.41) is 10.5. The van der Waals surface area contributed by atoms with Crippen molar-refractivity contribution in [3.63, 3.8) is 0 Å². The minimum Gasteiger partial charge on any atom is -0.361 e. The lowest BCUT2D eigenvalue weighted by atomic mass is 10.1. The molecule has 1 aromatic heterocycles. The number of nitrogens with zero attached hydrogens (tertiary/aromatic N) is 2. The van der Waals surface area contributed by atoms with Crippen LogP contribution in [0.4, 0.5) is 0 Å². The van der Waals surface area contributed by atoms with Crippen molar-refractivity contribution >= 4 is 39.8 Å². The molecule has 7 nitrogen and oxygen atoms in total. The molecule has 0 amide bonds. The first kappa shape index (κ1) is 24.4. The summed E-state index contributed by atoms with van der Waals surface area (Å²) in [6.07, 6.45) is 2.09. The van der Waals surface area contributed by atoms with Crippen LogP contribution < -0.4 is 10.6 Å². The fourth-order valence-corrected chi connectivity index (χ4v) is 4.08. The Balaban J connectivity index is 0.00000392. The molecule has 0 aliphatic rings. The highest BCUT2D eigenvalue weighted by Crippen LogP contribution is 2.15. The van der Waals surface area contributed by atoms with Gasteiger partial charge in [-0.3, -0.25) is 4.99 Å². The molecule has 9 heteroatoms. The zero-order valence-electron chi connectivity index (χ0n) is 16.6. The van der Waals surface area contributed by atoms with Gasteiger partial charge in [0.25, 0.3) is 0 Å². The number of aliphatic imine (C=N–C) groups is 1. The third-order valence-electron chi connectivity index (χ3n) is 4.25. The fraction of sp³-hybridized carbons (Fsp3) is 0.474. The second-order valence-electron chi connectivity index (χ2n) is 6.08. The minimum atomic E-state index is -3.25. The van der Waals surface area contributed by atoms with Gasteiger partial charge in [-0.05, 0) is 25.0 Å². The molecule has 156 valence electrons. The lowest BCUT2D eigenvalue weighted by molar-refractivity contribution is 0.380. The smallest absolute Gasteiger partial charge is 0.191 e. The largest absolute Gasteiger partial charge is 0.361 e. The summed E-state index contributed by atoms with van der Waals surface area (Å²) in [5.74, 6) is 1.59. The first-order chi connectivity index (χ1) is 13.0. The summed E-state index contributed by atoms with van der Waals surface area (Å²) < 4.78 is 29.9. The monoisotopic (exact) mass is 520 g/mol. The van der Waals surface area contributed by atoms with Crippen LogP contribution in [0, 0.1) is 0 Å². The molecule has 0 spiro atoms. The van der Waals surface area contributed by atoms with Crippen LogP contribution in [0.1, 0.15) is 37.3 Å². The third kappa shape index (κ3) is 6.77. The van der Waals surface area contributed by atoms with Crippen LogP contribution in [0.25, 0.3) is 0 Å². The second-order valence-corrected chi connectivity index (χ2v) is 8.19. The van der Waals surface area contributed by atoms with Crippen LogP contribution in [0.3, 0.4) is 0 Å². The Morgan fingerprint density at radius 1 is 1.14 bits per heavy atom. The van der Waals surface area contributed by atoms with E-state index in [2.05, 4.69) is 20.8 Å². The van der Waals surface area contributed by atoms with Crippen LogP contribution in [-0.2, 0) is 29.2 Å². The van der Waals surface area contributed by atoms with E-state index in [0.717, 1.165) is 29.9 Å². The molecule has 0 fully saturated rings. The number of aryl methyl sites for hydroxylation is 2. The highest BCUT2D eigenvalue weighted by atomic mass is 127. The molecule has 0 aliphatic carbocycles. The van der Waals surface area contributed by atoms with Gasteiger partial charge in [-0.15, -0.1) is 24.0 Å². The number of nitrogens with one attached hydrogen (secondary N) is 2. The van der Waals surface area contributed by atoms with E-state index >= 15 is 0 Å². The van der Waals surface area contributed by atoms with E-state index in [-0.39, 0.29) is 29.7 Å². The van der Waals surface area contributed by atoms with Crippen molar-refractivity contribution in [3.8, 4) is 0 Å². The molecule has 0 aliphatic heterocycles. The van der Waals surface area contributed by atoms with Gasteiger partial charge in [-0.2, -0.15) is 0 Å². The number of benzene rings is 1. The molecule has 0 unspecified atom stereocenters. The third-order valence-corrected chi connectivity index (χ3v) is 6.06. The van der Waals surface area contributed by atoms with Crippen LogP contribution in [0.5, 0.6) is 0 Å². The maximum absolute atomic E-state index is 12.3. The standard InChI is InChI=1S/C19H28N4O3S.HI/c1-4-17-16(18(5-2)26-23-17)14-22-19(20-3)21-12-9-13-27(24,25)15-10-7-6-8-11-15;/h6-8,10-11H,4-5,9,12-14H2,1-3H3,(H2,20,21,22);1H. The second kappa shape index (κ2) is 12.1. The van der Waals surface area contributed by atoms with Gasteiger partial charge in [0.05, 0.1) is 16.3 Å². The van der Waals surface area contributed by atoms with Crippen molar-refractivity contribution in [2.45, 2.75) is 44.6 Å². The van der Waals surface area contributed by atoms with E-state index in [4.69, 9.17) is 4.52 Å². The number of hydrogen-bond donors (Lipinski definition) is 2. The Morgan fingerprint density at radius 2 is 1.86 bits per heavy atom. The van der Waals surface area contributed by atoms with Gasteiger partial charge in [0, 0.05) is 32.1 Å². The van der Waals surface area contributed by atoms with Crippen LogP contribution in [-0.4, -0.2) is 38.9 Å². The quantitative estimate of drug-likeness (QED) is 0.229. The van der Waals surface area contributed by atoms with E-state index in [1.54, 1.807) is 37.4 Å². The number of halogens is 1. The van der Waals surface area contributed by atoms with Gasteiger partial charge in [0.1, 0.15) is 5.76 Å². The average Bonchev–Trinajstić information content (AvgIpc) is 3.10. The Labute approximate surface area is 184 Å². The van der Waals surface area contributed by atoms with E-state index in [1.165, 1.54) is 0 Å². The molecule has 0 radical (unpaired) electrons. The predicted octanol–water partition coefficient (Wildman–Crippen LogP) is 2.95. The summed E-state index contributed by atoms with van der Waals surface area (Å²) in [7, 11) is -1.57. The molecule has 0 bridgehead atoms. The molecule has 2 aromatic rings. The molecule has 1 aromatic carbocycles. The first-order valence-corrected chi connectivity index (χ1v) is 10.9. The van der Waals surface area contributed by atoms with E-state index in [1.807, 2.05) is 13.8 Å². The van der Waals surface area contributed by atoms with E-state index < -0.39 is 9.84 Å². The van der Waals surface area contributed by atoms with Crippen LogP contribution >= 0.6 is 24.0 Å². The highest BCUT2D eigenvalue weighted by Gasteiger charge is 2.15. The zero-order chi connectivity index (χ0) is 19.7. The molecule has 0 saturated heterocycles. The molecule has 2 N–H and O–H groups in total. The molecule has 0 saturated carbocycles. The van der Waals surface area contributed by atoms with Gasteiger partial charge in [0.15, 0.2) is 15.8 Å². The summed E-state index contributed by atoms with van der Waals surface area (Å²) in [6.45, 7) is 5.15. The van der Waals surface area contributed by atoms with Gasteiger partial charge in [0.2, 0.25) is 0 Å². The number of guanidine groups is 1. The van der Waals surface area contributed by atoms with Crippen LogP contribution in [0.15, 0.2) is 44.7 Å². The Hall–Kier alpha value is -1.62. The SMILES string of the molecule is CCc1noc(CC)c1CNC(=NC)NCCCS(=O)(=O)c1ccccc1.I. The summed E-state index contributed by atoms with van der Waals surface area (Å²) in [5.41, 5.74) is 2.01. The van der Waals surface area contributed by atoms with Gasteiger partial charge < -0.3 is 15.2 Å².